The Morgan fingerprint density at radius 1 is 0.941 bits per heavy atom. The molecule has 0 N–H and O–H groups in total. The minimum atomic E-state index is -3.91. The van der Waals surface area contributed by atoms with Gasteiger partial charge in [-0.3, -0.25) is 0 Å². The molecule has 0 aliphatic heterocycles. The molecule has 2 aromatic carbocycles. The van der Waals surface area contributed by atoms with Gasteiger partial charge in [-0.25, -0.2) is 13.1 Å². The van der Waals surface area contributed by atoms with Gasteiger partial charge in [0.1, 0.15) is 11.0 Å². The van der Waals surface area contributed by atoms with Crippen LogP contribution in [0.1, 0.15) is 49.8 Å². The predicted octanol–water partition coefficient (Wildman–Crippen LogP) is 5.68. The molecule has 4 aliphatic carbocycles. The Morgan fingerprint density at radius 2 is 1.50 bits per heavy atom. The molecule has 6 heteroatoms. The maximum Gasteiger partial charge on any atom is 0.216 e. The van der Waals surface area contributed by atoms with Crippen molar-refractivity contribution in [2.75, 3.05) is 0 Å². The smallest absolute Gasteiger partial charge is 0.216 e. The molecule has 4 fully saturated rings. The van der Waals surface area contributed by atoms with E-state index in [4.69, 9.17) is 5.10 Å². The van der Waals surface area contributed by atoms with E-state index in [1.54, 1.807) is 24.3 Å². The second-order valence-electron chi connectivity index (χ2n) is 10.3. The Kier molecular flexibility index (Phi) is 5.00. The van der Waals surface area contributed by atoms with Gasteiger partial charge in [0.2, 0.25) is 9.84 Å². The largest absolute Gasteiger partial charge is 0.240 e. The first-order valence-electron chi connectivity index (χ1n) is 12.0. The van der Waals surface area contributed by atoms with Crippen molar-refractivity contribution in [2.24, 2.45) is 17.8 Å². The van der Waals surface area contributed by atoms with Crippen LogP contribution in [0.2, 0.25) is 0 Å². The molecule has 0 saturated heterocycles. The van der Waals surface area contributed by atoms with Crippen molar-refractivity contribution < 1.29 is 8.42 Å². The molecule has 7 rings (SSSR count). The number of nitrogens with zero attached hydrogens (tertiary/aromatic N) is 3. The highest BCUT2D eigenvalue weighted by Gasteiger charge is 2.53. The highest BCUT2D eigenvalue weighted by molar-refractivity contribution is 7.95. The first kappa shape index (κ1) is 21.4. The Bertz CT molecular complexity index is 1360. The molecule has 0 radical (unpaired) electrons. The lowest BCUT2D eigenvalue weighted by Gasteiger charge is -2.56. The molecule has 5 nitrogen and oxygen atoms in total. The SMILES string of the molecule is N#CC(=Cc1cn(-c2ccccc2)nc1C12CC3CC(CC(C3)C1)C2)S(=O)(=O)c1ccccc1. The van der Waals surface area contributed by atoms with E-state index in [2.05, 4.69) is 0 Å². The van der Waals surface area contributed by atoms with E-state index < -0.39 is 9.84 Å². The van der Waals surface area contributed by atoms with Crippen LogP contribution in [0, 0.1) is 29.1 Å². The molecule has 0 amide bonds. The summed E-state index contributed by atoms with van der Waals surface area (Å²) in [6.07, 6.45) is 10.7. The first-order chi connectivity index (χ1) is 16.5. The summed E-state index contributed by atoms with van der Waals surface area (Å²) in [5.74, 6) is 2.19. The number of nitriles is 1. The Balaban J connectivity index is 1.50. The zero-order valence-electron chi connectivity index (χ0n) is 19.0. The summed E-state index contributed by atoms with van der Waals surface area (Å²) < 4.78 is 28.4. The van der Waals surface area contributed by atoms with Crippen LogP contribution in [0.3, 0.4) is 0 Å². The number of benzene rings is 2. The lowest BCUT2D eigenvalue weighted by Crippen LogP contribution is -2.49. The van der Waals surface area contributed by atoms with Crippen LogP contribution in [-0.4, -0.2) is 18.2 Å². The number of aromatic nitrogens is 2. The lowest BCUT2D eigenvalue weighted by molar-refractivity contribution is -0.00743. The van der Waals surface area contributed by atoms with E-state index in [1.165, 1.54) is 31.4 Å². The summed E-state index contributed by atoms with van der Waals surface area (Å²) in [5.41, 5.74) is 2.61. The van der Waals surface area contributed by atoms with Gasteiger partial charge in [0.25, 0.3) is 0 Å². The van der Waals surface area contributed by atoms with E-state index in [0.29, 0.717) is 0 Å². The van der Waals surface area contributed by atoms with Crippen LogP contribution >= 0.6 is 0 Å². The molecule has 1 aromatic heterocycles. The zero-order chi connectivity index (χ0) is 23.3. The number of hydrogen-bond acceptors (Lipinski definition) is 4. The average molecular weight is 470 g/mol. The summed E-state index contributed by atoms with van der Waals surface area (Å²) in [6.45, 7) is 0. The second kappa shape index (κ2) is 7.95. The van der Waals surface area contributed by atoms with Crippen LogP contribution < -0.4 is 0 Å². The Morgan fingerprint density at radius 3 is 2.06 bits per heavy atom. The molecule has 34 heavy (non-hydrogen) atoms. The van der Waals surface area contributed by atoms with Crippen molar-refractivity contribution in [1.29, 1.82) is 5.26 Å². The Labute approximate surface area is 200 Å². The Hall–Kier alpha value is -3.17. The van der Waals surface area contributed by atoms with E-state index in [0.717, 1.165) is 54.0 Å². The van der Waals surface area contributed by atoms with Crippen LogP contribution in [0.5, 0.6) is 0 Å². The standard InChI is InChI=1S/C28H27N3O2S/c29-18-26(34(32,33)25-9-5-2-6-10-25)14-23-19-31(24-7-3-1-4-8-24)30-27(23)28-15-20-11-21(16-28)13-22(12-20)17-28/h1-10,14,19-22H,11-13,15-17H2. The zero-order valence-corrected chi connectivity index (χ0v) is 19.8. The molecule has 0 unspecified atom stereocenters. The normalized spacial score (nSPS) is 28.1. The fourth-order valence-corrected chi connectivity index (χ4v) is 8.23. The molecule has 4 saturated carbocycles. The highest BCUT2D eigenvalue weighted by atomic mass is 32.2. The summed E-state index contributed by atoms with van der Waals surface area (Å²) in [7, 11) is -3.91. The van der Waals surface area contributed by atoms with Gasteiger partial charge in [-0.1, -0.05) is 36.4 Å². The first-order valence-corrected chi connectivity index (χ1v) is 13.5. The van der Waals surface area contributed by atoms with Crippen LogP contribution in [-0.2, 0) is 15.3 Å². The quantitative estimate of drug-likeness (QED) is 0.451. The van der Waals surface area contributed by atoms with Crippen LogP contribution in [0.25, 0.3) is 11.8 Å². The number of rotatable bonds is 5. The van der Waals surface area contributed by atoms with E-state index in [9.17, 15) is 13.7 Å². The summed E-state index contributed by atoms with van der Waals surface area (Å²) in [6, 6.07) is 20.1. The van der Waals surface area contributed by atoms with Crippen molar-refractivity contribution in [3.8, 4) is 11.8 Å². The van der Waals surface area contributed by atoms with E-state index in [1.807, 2.05) is 47.3 Å². The summed E-state index contributed by atoms with van der Waals surface area (Å²) in [5, 5.41) is 15.0. The van der Waals surface area contributed by atoms with Gasteiger partial charge in [0.05, 0.1) is 16.3 Å². The van der Waals surface area contributed by atoms with Crippen molar-refractivity contribution in [3.63, 3.8) is 0 Å². The van der Waals surface area contributed by atoms with Gasteiger partial charge < -0.3 is 0 Å². The van der Waals surface area contributed by atoms with E-state index >= 15 is 0 Å². The van der Waals surface area contributed by atoms with Gasteiger partial charge in [-0.2, -0.15) is 10.4 Å². The topological polar surface area (TPSA) is 75.8 Å². The summed E-state index contributed by atoms with van der Waals surface area (Å²) in [4.78, 5) is -0.105. The number of para-hydroxylation sites is 1. The third kappa shape index (κ3) is 3.50. The molecule has 0 spiro atoms. The number of sulfone groups is 1. The average Bonchev–Trinajstić information content (AvgIpc) is 3.28. The maximum absolute atomic E-state index is 13.3. The number of allylic oxidation sites excluding steroid dienone is 1. The van der Waals surface area contributed by atoms with Crippen molar-refractivity contribution in [1.82, 2.24) is 9.78 Å². The lowest BCUT2D eigenvalue weighted by atomic mass is 9.48. The minimum absolute atomic E-state index is 0.0301. The summed E-state index contributed by atoms with van der Waals surface area (Å²) >= 11 is 0. The van der Waals surface area contributed by atoms with Gasteiger partial charge in [0, 0.05) is 17.2 Å². The predicted molar refractivity (Wildman–Crippen MR) is 131 cm³/mol. The molecule has 4 aliphatic rings. The molecule has 4 bridgehead atoms. The van der Waals surface area contributed by atoms with Crippen LogP contribution in [0.15, 0.2) is 76.7 Å². The third-order valence-corrected chi connectivity index (χ3v) is 9.72. The molecule has 1 heterocycles. The number of hydrogen-bond donors (Lipinski definition) is 0. The van der Waals surface area contributed by atoms with Crippen molar-refractivity contribution in [2.45, 2.75) is 48.8 Å². The van der Waals surface area contributed by atoms with Gasteiger partial charge in [0.15, 0.2) is 0 Å². The van der Waals surface area contributed by atoms with Crippen LogP contribution in [0.4, 0.5) is 0 Å². The third-order valence-electron chi connectivity index (χ3n) is 8.04. The monoisotopic (exact) mass is 469 g/mol. The molecule has 172 valence electrons. The van der Waals surface area contributed by atoms with Crippen molar-refractivity contribution >= 4 is 15.9 Å². The van der Waals surface area contributed by atoms with Gasteiger partial charge >= 0.3 is 0 Å². The fraction of sp³-hybridized carbons (Fsp3) is 0.357. The molecular formula is C28H27N3O2S. The van der Waals surface area contributed by atoms with Gasteiger partial charge in [-0.15, -0.1) is 0 Å². The van der Waals surface area contributed by atoms with Gasteiger partial charge in [-0.05, 0) is 86.6 Å². The molecular weight excluding hydrogens is 442 g/mol. The fourth-order valence-electron chi connectivity index (χ4n) is 7.06. The minimum Gasteiger partial charge on any atom is -0.240 e. The van der Waals surface area contributed by atoms with Crippen molar-refractivity contribution in [3.05, 3.63) is 83.0 Å². The second-order valence-corrected chi connectivity index (χ2v) is 12.3. The molecule has 3 aromatic rings. The van der Waals surface area contributed by atoms with E-state index in [-0.39, 0.29) is 15.2 Å². The highest BCUT2D eigenvalue weighted by Crippen LogP contribution is 2.61. The molecule has 0 atom stereocenters. The maximum atomic E-state index is 13.3.